The van der Waals surface area contributed by atoms with Gasteiger partial charge in [-0.1, -0.05) is 6.42 Å². The first kappa shape index (κ1) is 21.3. The van der Waals surface area contributed by atoms with Gasteiger partial charge in [0.15, 0.2) is 0 Å². The van der Waals surface area contributed by atoms with Crippen molar-refractivity contribution in [3.05, 3.63) is 0 Å². The van der Waals surface area contributed by atoms with E-state index in [1.165, 1.54) is 30.7 Å². The van der Waals surface area contributed by atoms with Crippen LogP contribution in [0.1, 0.15) is 45.4 Å². The molecule has 0 radical (unpaired) electrons. The Morgan fingerprint density at radius 2 is 1.85 bits per heavy atom. The lowest BCUT2D eigenvalue weighted by Gasteiger charge is -2.33. The second-order valence-corrected chi connectivity index (χ2v) is 7.55. The number of halogens is 3. The number of carbonyl (C=O) groups is 1. The van der Waals surface area contributed by atoms with Crippen LogP contribution < -0.4 is 5.32 Å². The molecule has 1 N–H and O–H groups in total. The van der Waals surface area contributed by atoms with Gasteiger partial charge in [0, 0.05) is 38.8 Å². The number of nitrogens with zero attached hydrogens (tertiary/aromatic N) is 3. The summed E-state index contributed by atoms with van der Waals surface area (Å²) in [6.45, 7) is 5.81. The fourth-order valence-electron chi connectivity index (χ4n) is 3.82. The summed E-state index contributed by atoms with van der Waals surface area (Å²) < 4.78 is 37.5. The average molecular weight is 378 g/mol. The Morgan fingerprint density at radius 3 is 2.58 bits per heavy atom. The van der Waals surface area contributed by atoms with E-state index in [0.29, 0.717) is 38.6 Å². The van der Waals surface area contributed by atoms with Crippen molar-refractivity contribution in [1.29, 1.82) is 0 Å². The number of hydrogen-bond donors (Lipinski definition) is 1. The van der Waals surface area contributed by atoms with Crippen LogP contribution in [0.2, 0.25) is 0 Å². The van der Waals surface area contributed by atoms with Gasteiger partial charge >= 0.3 is 12.2 Å². The van der Waals surface area contributed by atoms with Crippen molar-refractivity contribution >= 4 is 6.03 Å². The highest BCUT2D eigenvalue weighted by Crippen LogP contribution is 2.18. The Labute approximate surface area is 154 Å². The van der Waals surface area contributed by atoms with E-state index >= 15 is 0 Å². The second-order valence-electron chi connectivity index (χ2n) is 7.55. The van der Waals surface area contributed by atoms with Gasteiger partial charge < -0.3 is 15.1 Å². The molecule has 0 bridgehead atoms. The molecule has 2 aliphatic heterocycles. The fraction of sp³-hybridized carbons (Fsp3) is 0.944. The molecular formula is C18H33F3N4O. The number of rotatable bonds is 6. The number of nitrogens with one attached hydrogen (secondary N) is 1. The number of amides is 2. The SMILES string of the molecule is CC1CCCCN1CCCCNC(=O)N1CCCN(CC(F)(F)F)CC1. The summed E-state index contributed by atoms with van der Waals surface area (Å²) in [6.07, 6.45) is 2.27. The quantitative estimate of drug-likeness (QED) is 0.723. The van der Waals surface area contributed by atoms with Gasteiger partial charge in [0.05, 0.1) is 6.54 Å². The van der Waals surface area contributed by atoms with Crippen molar-refractivity contribution in [3.63, 3.8) is 0 Å². The summed E-state index contributed by atoms with van der Waals surface area (Å²) in [5.74, 6) is 0. The molecule has 0 aromatic heterocycles. The summed E-state index contributed by atoms with van der Waals surface area (Å²) in [6, 6.07) is 0.514. The first-order chi connectivity index (χ1) is 12.3. The van der Waals surface area contributed by atoms with Crippen LogP contribution in [0.3, 0.4) is 0 Å². The molecule has 0 aliphatic carbocycles. The third-order valence-electron chi connectivity index (χ3n) is 5.37. The zero-order valence-corrected chi connectivity index (χ0v) is 15.9. The lowest BCUT2D eigenvalue weighted by Crippen LogP contribution is -2.43. The van der Waals surface area contributed by atoms with Gasteiger partial charge in [0.1, 0.15) is 0 Å². The normalized spacial score (nSPS) is 23.7. The van der Waals surface area contributed by atoms with Crippen molar-refractivity contribution in [2.75, 3.05) is 52.4 Å². The van der Waals surface area contributed by atoms with Crippen LogP contribution in [0.15, 0.2) is 0 Å². The number of alkyl halides is 3. The predicted molar refractivity (Wildman–Crippen MR) is 96.2 cm³/mol. The molecule has 1 unspecified atom stereocenters. The topological polar surface area (TPSA) is 38.8 Å². The highest BCUT2D eigenvalue weighted by atomic mass is 19.4. The van der Waals surface area contributed by atoms with Gasteiger partial charge in [0.2, 0.25) is 0 Å². The smallest absolute Gasteiger partial charge is 0.338 e. The number of urea groups is 1. The molecule has 2 heterocycles. The zero-order valence-electron chi connectivity index (χ0n) is 15.9. The van der Waals surface area contributed by atoms with Crippen molar-refractivity contribution < 1.29 is 18.0 Å². The van der Waals surface area contributed by atoms with Crippen molar-refractivity contribution in [1.82, 2.24) is 20.0 Å². The molecule has 26 heavy (non-hydrogen) atoms. The van der Waals surface area contributed by atoms with E-state index in [0.717, 1.165) is 19.4 Å². The van der Waals surface area contributed by atoms with Gasteiger partial charge in [-0.3, -0.25) is 4.90 Å². The Kier molecular flexibility index (Phi) is 8.47. The van der Waals surface area contributed by atoms with Crippen LogP contribution >= 0.6 is 0 Å². The largest absolute Gasteiger partial charge is 0.401 e. The first-order valence-corrected chi connectivity index (χ1v) is 9.91. The van der Waals surface area contributed by atoms with E-state index in [1.54, 1.807) is 4.90 Å². The Morgan fingerprint density at radius 1 is 1.04 bits per heavy atom. The average Bonchev–Trinajstić information content (AvgIpc) is 2.80. The van der Waals surface area contributed by atoms with Crippen LogP contribution in [0, 0.1) is 0 Å². The lowest BCUT2D eigenvalue weighted by molar-refractivity contribution is -0.145. The Hall–Kier alpha value is -1.02. The van der Waals surface area contributed by atoms with Gasteiger partial charge in [-0.2, -0.15) is 13.2 Å². The molecule has 8 heteroatoms. The van der Waals surface area contributed by atoms with Crippen LogP contribution in [0.4, 0.5) is 18.0 Å². The lowest BCUT2D eigenvalue weighted by atomic mass is 10.0. The Balaban J connectivity index is 1.59. The zero-order chi connectivity index (χ0) is 19.0. The summed E-state index contributed by atoms with van der Waals surface area (Å²) in [7, 11) is 0. The summed E-state index contributed by atoms with van der Waals surface area (Å²) in [5.41, 5.74) is 0. The highest BCUT2D eigenvalue weighted by Gasteiger charge is 2.31. The molecule has 2 fully saturated rings. The van der Waals surface area contributed by atoms with E-state index in [-0.39, 0.29) is 12.6 Å². The predicted octanol–water partition coefficient (Wildman–Crippen LogP) is 2.92. The molecule has 152 valence electrons. The van der Waals surface area contributed by atoms with E-state index in [1.807, 2.05) is 0 Å². The highest BCUT2D eigenvalue weighted by molar-refractivity contribution is 5.74. The third kappa shape index (κ3) is 7.70. The molecule has 0 spiro atoms. The number of unbranched alkanes of at least 4 members (excludes halogenated alkanes) is 1. The number of hydrogen-bond acceptors (Lipinski definition) is 3. The first-order valence-electron chi connectivity index (χ1n) is 9.91. The maximum absolute atomic E-state index is 12.5. The molecular weight excluding hydrogens is 345 g/mol. The third-order valence-corrected chi connectivity index (χ3v) is 5.37. The standard InChI is InChI=1S/C18H33F3N4O/c1-16-7-2-4-10-24(16)11-5-3-8-22-17(26)25-12-6-9-23(13-14-25)15-18(19,20)21/h16H,2-15H2,1H3,(H,22,26). The molecule has 2 aliphatic rings. The number of carbonyl (C=O) groups excluding carboxylic acids is 1. The van der Waals surface area contributed by atoms with E-state index in [9.17, 15) is 18.0 Å². The Bertz CT molecular complexity index is 433. The number of piperidine rings is 1. The van der Waals surface area contributed by atoms with Gasteiger partial charge in [-0.15, -0.1) is 0 Å². The molecule has 1 atom stereocenters. The van der Waals surface area contributed by atoms with Crippen LogP contribution in [-0.2, 0) is 0 Å². The van der Waals surface area contributed by atoms with Gasteiger partial charge in [-0.25, -0.2) is 4.79 Å². The molecule has 2 rings (SSSR count). The fourth-order valence-corrected chi connectivity index (χ4v) is 3.82. The van der Waals surface area contributed by atoms with Crippen molar-refractivity contribution in [3.8, 4) is 0 Å². The van der Waals surface area contributed by atoms with Gasteiger partial charge in [0.25, 0.3) is 0 Å². The van der Waals surface area contributed by atoms with E-state index in [4.69, 9.17) is 0 Å². The maximum atomic E-state index is 12.5. The summed E-state index contributed by atoms with van der Waals surface area (Å²) in [5, 5.41) is 2.92. The molecule has 5 nitrogen and oxygen atoms in total. The molecule has 2 amide bonds. The van der Waals surface area contributed by atoms with Crippen molar-refractivity contribution in [2.24, 2.45) is 0 Å². The molecule has 0 aromatic rings. The van der Waals surface area contributed by atoms with E-state index in [2.05, 4.69) is 17.1 Å². The minimum atomic E-state index is -4.18. The molecule has 0 saturated carbocycles. The van der Waals surface area contributed by atoms with Crippen LogP contribution in [-0.4, -0.2) is 85.3 Å². The van der Waals surface area contributed by atoms with Crippen LogP contribution in [0.5, 0.6) is 0 Å². The molecule has 2 saturated heterocycles. The monoisotopic (exact) mass is 378 g/mol. The summed E-state index contributed by atoms with van der Waals surface area (Å²) in [4.78, 5) is 17.8. The minimum Gasteiger partial charge on any atom is -0.338 e. The maximum Gasteiger partial charge on any atom is 0.401 e. The number of likely N-dealkylation sites (tertiary alicyclic amines) is 1. The van der Waals surface area contributed by atoms with Crippen LogP contribution in [0.25, 0.3) is 0 Å². The van der Waals surface area contributed by atoms with Gasteiger partial charge in [-0.05, 0) is 52.1 Å². The van der Waals surface area contributed by atoms with Crippen molar-refractivity contribution in [2.45, 2.75) is 57.7 Å². The summed E-state index contributed by atoms with van der Waals surface area (Å²) >= 11 is 0. The second kappa shape index (κ2) is 10.3. The minimum absolute atomic E-state index is 0.148. The molecule has 0 aromatic carbocycles. The van der Waals surface area contributed by atoms with E-state index < -0.39 is 12.7 Å².